The predicted molar refractivity (Wildman–Crippen MR) is 183 cm³/mol. The van der Waals surface area contributed by atoms with Gasteiger partial charge >= 0.3 is 6.09 Å². The molecule has 3 amide bonds. The second kappa shape index (κ2) is 14.7. The number of fused-ring (bicyclic) bond motifs is 2. The number of nitrogens with one attached hydrogen (secondary N) is 1. The van der Waals surface area contributed by atoms with Gasteiger partial charge in [0.1, 0.15) is 30.2 Å². The molecule has 2 bridgehead atoms. The Morgan fingerprint density at radius 3 is 2.59 bits per heavy atom. The molecule has 1 saturated carbocycles. The van der Waals surface area contributed by atoms with E-state index in [1.54, 1.807) is 43.9 Å². The molecule has 1 saturated heterocycles. The van der Waals surface area contributed by atoms with Crippen LogP contribution in [0.2, 0.25) is 0 Å². The molecule has 2 aliphatic rings. The molecule has 9 nitrogen and oxygen atoms in total. The third-order valence-electron chi connectivity index (χ3n) is 8.06. The van der Waals surface area contributed by atoms with Crippen molar-refractivity contribution in [2.75, 3.05) is 42.8 Å². The molecule has 1 N–H and O–H groups in total. The lowest BCUT2D eigenvalue weighted by atomic mass is 9.97. The van der Waals surface area contributed by atoms with E-state index in [1.807, 2.05) is 6.07 Å². The van der Waals surface area contributed by atoms with Crippen molar-refractivity contribution < 1.29 is 28.2 Å². The van der Waals surface area contributed by atoms with E-state index in [2.05, 4.69) is 46.1 Å². The lowest BCUT2D eigenvalue weighted by Gasteiger charge is -2.35. The fourth-order valence-electron chi connectivity index (χ4n) is 5.90. The third kappa shape index (κ3) is 9.23. The van der Waals surface area contributed by atoms with Crippen LogP contribution >= 0.6 is 26.0 Å². The summed E-state index contributed by atoms with van der Waals surface area (Å²) in [5, 5.41) is 12.9. The van der Waals surface area contributed by atoms with E-state index >= 15 is 0 Å². The second-order valence-electron chi connectivity index (χ2n) is 13.8. The van der Waals surface area contributed by atoms with Crippen molar-refractivity contribution in [3.05, 3.63) is 63.9 Å². The van der Waals surface area contributed by atoms with Crippen LogP contribution in [0.5, 0.6) is 0 Å². The van der Waals surface area contributed by atoms with Crippen molar-refractivity contribution in [3.63, 3.8) is 0 Å². The number of rotatable bonds is 11. The van der Waals surface area contributed by atoms with Crippen LogP contribution in [-0.4, -0.2) is 84.4 Å². The number of amides is 3. The van der Waals surface area contributed by atoms with E-state index < -0.39 is 45.5 Å². The summed E-state index contributed by atoms with van der Waals surface area (Å²) in [5.41, 5.74) is 0.669. The Labute approximate surface area is 281 Å². The third-order valence-corrected chi connectivity index (χ3v) is 10.1. The Morgan fingerprint density at radius 1 is 1.17 bits per heavy atom. The predicted octanol–water partition coefficient (Wildman–Crippen LogP) is 6.24. The van der Waals surface area contributed by atoms with Crippen molar-refractivity contribution >= 4 is 49.6 Å². The number of nitriles is 1. The lowest BCUT2D eigenvalue weighted by molar-refractivity contribution is -0.128. The van der Waals surface area contributed by atoms with E-state index in [9.17, 15) is 24.0 Å². The minimum atomic E-state index is -0.880. The summed E-state index contributed by atoms with van der Waals surface area (Å²) in [4.78, 5) is 43.3. The highest BCUT2D eigenvalue weighted by molar-refractivity contribution is 9.10. The molecular weight excluding hydrogens is 675 g/mol. The highest BCUT2D eigenvalue weighted by Crippen LogP contribution is 2.43. The highest BCUT2D eigenvalue weighted by atomic mass is 79.9. The van der Waals surface area contributed by atoms with E-state index in [1.165, 1.54) is 23.1 Å². The van der Waals surface area contributed by atoms with Gasteiger partial charge < -0.3 is 14.8 Å². The molecule has 250 valence electrons. The highest BCUT2D eigenvalue weighted by Gasteiger charge is 2.52. The number of piperidine rings is 1. The van der Waals surface area contributed by atoms with Gasteiger partial charge in [-0.25, -0.2) is 19.2 Å². The Bertz CT molecular complexity index is 1490. The van der Waals surface area contributed by atoms with Gasteiger partial charge in [0, 0.05) is 28.4 Å². The smallest absolute Gasteiger partial charge is 0.411 e. The summed E-state index contributed by atoms with van der Waals surface area (Å²) < 4.78 is 26.2. The first-order valence-electron chi connectivity index (χ1n) is 15.4. The SMILES string of the molecule is CC(C)(C)OC(=O)N1[C@@H]2CC[C@@H](C2)[C@H]1C(=O)NC(C#N)Cc1cccc(N(COCCS(C)(C)C)C(=O)c2cc(F)ccc2Br)c1. The van der Waals surface area contributed by atoms with Gasteiger partial charge in [0.25, 0.3) is 5.91 Å². The molecule has 1 aliphatic heterocycles. The molecule has 2 aromatic rings. The number of carbonyl (C=O) groups is 3. The summed E-state index contributed by atoms with van der Waals surface area (Å²) in [5.74, 6) is -0.484. The van der Waals surface area contributed by atoms with Gasteiger partial charge in [-0.3, -0.25) is 19.4 Å². The number of halogens is 2. The standard InChI is InChI=1S/C34H44BrFN4O5S/c1-34(2,3)45-33(43)40-27-12-10-23(18-27)30(40)31(41)38-25(20-37)16-22-8-7-9-26(17-22)39(21-44-14-15-46(4,5)6)32(42)28-19-24(36)11-13-29(28)35/h7-9,11,13,17,19,23,25,27,30H,10,12,14-16,18,21H2,1-6H3,(H,38,41)/t23-,25?,27+,30-/m0/s1. The average molecular weight is 720 g/mol. The zero-order valence-corrected chi connectivity index (χ0v) is 29.8. The number of likely N-dealkylation sites (tertiary alicyclic amines) is 1. The quantitative estimate of drug-likeness (QED) is 0.218. The molecule has 4 atom stereocenters. The molecule has 0 radical (unpaired) electrons. The van der Waals surface area contributed by atoms with E-state index in [0.29, 0.717) is 22.3 Å². The monoisotopic (exact) mass is 718 g/mol. The van der Waals surface area contributed by atoms with Crippen molar-refractivity contribution in [1.29, 1.82) is 5.26 Å². The average Bonchev–Trinajstić information content (AvgIpc) is 3.59. The number of hydrogen-bond acceptors (Lipinski definition) is 6. The number of hydrogen-bond donors (Lipinski definition) is 1. The molecule has 1 unspecified atom stereocenters. The minimum absolute atomic E-state index is 0.0155. The van der Waals surface area contributed by atoms with Gasteiger partial charge in [0.05, 0.1) is 18.2 Å². The topological polar surface area (TPSA) is 112 Å². The molecule has 0 aromatic heterocycles. The maximum absolute atomic E-state index is 14.2. The summed E-state index contributed by atoms with van der Waals surface area (Å²) in [6.07, 6.45) is 8.61. The molecular formula is C34H44BrFN4O5S. The first-order valence-corrected chi connectivity index (χ1v) is 19.2. The van der Waals surface area contributed by atoms with Crippen LogP contribution in [0.25, 0.3) is 0 Å². The van der Waals surface area contributed by atoms with Crippen LogP contribution in [0, 0.1) is 23.1 Å². The van der Waals surface area contributed by atoms with Crippen LogP contribution < -0.4 is 10.2 Å². The molecule has 0 spiro atoms. The van der Waals surface area contributed by atoms with Crippen molar-refractivity contribution in [2.45, 2.75) is 70.2 Å². The fourth-order valence-corrected chi connectivity index (χ4v) is 6.93. The van der Waals surface area contributed by atoms with Gasteiger partial charge in [-0.05, 0) is 117 Å². The lowest BCUT2D eigenvalue weighted by Crippen LogP contribution is -2.55. The van der Waals surface area contributed by atoms with E-state index in [-0.39, 0.29) is 36.6 Å². The zero-order valence-electron chi connectivity index (χ0n) is 27.3. The first-order chi connectivity index (χ1) is 21.6. The number of benzene rings is 2. The normalized spacial score (nSPS) is 20.2. The Morgan fingerprint density at radius 2 is 1.91 bits per heavy atom. The fraction of sp³-hybridized carbons (Fsp3) is 0.529. The Hall–Kier alpha value is -3.14. The van der Waals surface area contributed by atoms with Gasteiger partial charge in [0.15, 0.2) is 0 Å². The maximum Gasteiger partial charge on any atom is 0.411 e. The largest absolute Gasteiger partial charge is 0.444 e. The van der Waals surface area contributed by atoms with Gasteiger partial charge in [-0.15, -0.1) is 0 Å². The summed E-state index contributed by atoms with van der Waals surface area (Å²) in [7, 11) is -0.810. The molecule has 46 heavy (non-hydrogen) atoms. The number of carbonyl (C=O) groups excluding carboxylic acids is 3. The van der Waals surface area contributed by atoms with E-state index in [0.717, 1.165) is 25.0 Å². The van der Waals surface area contributed by atoms with Crippen molar-refractivity contribution in [3.8, 4) is 6.07 Å². The number of ether oxygens (including phenoxy) is 2. The van der Waals surface area contributed by atoms with Crippen LogP contribution in [0.4, 0.5) is 14.9 Å². The minimum Gasteiger partial charge on any atom is -0.444 e. The van der Waals surface area contributed by atoms with Gasteiger partial charge in [-0.2, -0.15) is 5.26 Å². The first kappa shape index (κ1) is 35.7. The molecule has 2 aromatic carbocycles. The summed E-state index contributed by atoms with van der Waals surface area (Å²) in [6.45, 7) is 5.78. The van der Waals surface area contributed by atoms with E-state index in [4.69, 9.17) is 9.47 Å². The Kier molecular flexibility index (Phi) is 11.4. The number of nitrogens with zero attached hydrogens (tertiary/aromatic N) is 3. The van der Waals surface area contributed by atoms with Gasteiger partial charge in [0.2, 0.25) is 5.91 Å². The molecule has 1 aliphatic carbocycles. The number of anilines is 1. The maximum atomic E-state index is 14.2. The zero-order chi connectivity index (χ0) is 33.8. The summed E-state index contributed by atoms with van der Waals surface area (Å²) in [6, 6.07) is 11.6. The van der Waals surface area contributed by atoms with Gasteiger partial charge in [-0.1, -0.05) is 12.1 Å². The van der Waals surface area contributed by atoms with Crippen LogP contribution in [0.1, 0.15) is 56.0 Å². The molecule has 1 heterocycles. The van der Waals surface area contributed by atoms with Crippen LogP contribution in [0.15, 0.2) is 46.9 Å². The molecule has 4 rings (SSSR count). The van der Waals surface area contributed by atoms with Crippen LogP contribution in [0.3, 0.4) is 0 Å². The second-order valence-corrected chi connectivity index (χ2v) is 19.3. The van der Waals surface area contributed by atoms with Crippen LogP contribution in [-0.2, 0) is 20.7 Å². The summed E-state index contributed by atoms with van der Waals surface area (Å²) >= 11 is 3.37. The van der Waals surface area contributed by atoms with Crippen molar-refractivity contribution in [2.24, 2.45) is 5.92 Å². The molecule has 12 heteroatoms. The molecule has 2 fully saturated rings. The Balaban J connectivity index is 1.51. The van der Waals surface area contributed by atoms with Crippen molar-refractivity contribution in [1.82, 2.24) is 10.2 Å².